The Kier molecular flexibility index (Phi) is 5.88. The lowest BCUT2D eigenvalue weighted by Crippen LogP contribution is -2.45. The van der Waals surface area contributed by atoms with Gasteiger partial charge in [0.05, 0.1) is 5.92 Å². The molecule has 1 unspecified atom stereocenters. The van der Waals surface area contributed by atoms with Crippen molar-refractivity contribution < 1.29 is 23.5 Å². The molecule has 1 aromatic carbocycles. The number of nitrogens with zero attached hydrogens (tertiary/aromatic N) is 1. The predicted octanol–water partition coefficient (Wildman–Crippen LogP) is 3.88. The Morgan fingerprint density at radius 2 is 2.03 bits per heavy atom. The van der Waals surface area contributed by atoms with Crippen molar-refractivity contribution in [3.63, 3.8) is 0 Å². The molecule has 2 aromatic rings. The molecule has 3 amide bonds. The highest BCUT2D eigenvalue weighted by molar-refractivity contribution is 9.10. The second-order valence-electron chi connectivity index (χ2n) is 8.07. The van der Waals surface area contributed by atoms with Crippen LogP contribution in [0, 0.1) is 5.92 Å². The van der Waals surface area contributed by atoms with Crippen LogP contribution in [-0.2, 0) is 9.53 Å². The summed E-state index contributed by atoms with van der Waals surface area (Å²) >= 11 is 3.37. The Balaban J connectivity index is 1.79. The third kappa shape index (κ3) is 4.90. The minimum atomic E-state index is -0.772. The lowest BCUT2D eigenvalue weighted by Gasteiger charge is -2.33. The van der Waals surface area contributed by atoms with Gasteiger partial charge in [0.15, 0.2) is 0 Å². The highest BCUT2D eigenvalue weighted by atomic mass is 79.9. The second kappa shape index (κ2) is 8.06. The lowest BCUT2D eigenvalue weighted by atomic mass is 9.97. The summed E-state index contributed by atoms with van der Waals surface area (Å²) in [7, 11) is 0. The van der Waals surface area contributed by atoms with E-state index in [1.54, 1.807) is 39.0 Å². The van der Waals surface area contributed by atoms with Gasteiger partial charge in [0.25, 0.3) is 5.91 Å². The van der Waals surface area contributed by atoms with E-state index in [4.69, 9.17) is 14.9 Å². The number of halogens is 1. The number of hydrogen-bond acceptors (Lipinski definition) is 5. The molecule has 0 saturated carbocycles. The maximum Gasteiger partial charge on any atom is 0.410 e. The van der Waals surface area contributed by atoms with Crippen LogP contribution in [0.15, 0.2) is 27.1 Å². The molecule has 1 aliphatic heterocycles. The fourth-order valence-corrected chi connectivity index (χ4v) is 3.64. The number of nitrogens with two attached hydrogens (primary N) is 1. The molecule has 3 rings (SSSR count). The molecule has 2 heterocycles. The molecule has 1 fully saturated rings. The third-order valence-electron chi connectivity index (χ3n) is 4.57. The summed E-state index contributed by atoms with van der Waals surface area (Å²) in [4.78, 5) is 38.6. The van der Waals surface area contributed by atoms with Gasteiger partial charge in [-0.1, -0.05) is 15.9 Å². The van der Waals surface area contributed by atoms with Crippen LogP contribution in [0.2, 0.25) is 0 Å². The smallest absolute Gasteiger partial charge is 0.410 e. The summed E-state index contributed by atoms with van der Waals surface area (Å²) in [6.07, 6.45) is 0.860. The van der Waals surface area contributed by atoms with E-state index in [0.29, 0.717) is 30.4 Å². The van der Waals surface area contributed by atoms with Crippen LogP contribution in [-0.4, -0.2) is 41.5 Å². The number of nitrogens with one attached hydrogen (secondary N) is 1. The van der Waals surface area contributed by atoms with Crippen LogP contribution in [0.1, 0.15) is 44.2 Å². The van der Waals surface area contributed by atoms with E-state index in [0.717, 1.165) is 4.47 Å². The van der Waals surface area contributed by atoms with E-state index in [2.05, 4.69) is 21.2 Å². The van der Waals surface area contributed by atoms with Gasteiger partial charge in [0.1, 0.15) is 16.9 Å². The molecule has 0 bridgehead atoms. The average Bonchev–Trinajstić information content (AvgIpc) is 2.98. The largest absolute Gasteiger partial charge is 0.449 e. The van der Waals surface area contributed by atoms with Crippen molar-refractivity contribution in [3.8, 4) is 0 Å². The molecule has 0 aliphatic carbocycles. The van der Waals surface area contributed by atoms with Gasteiger partial charge in [-0.3, -0.25) is 9.59 Å². The van der Waals surface area contributed by atoms with E-state index < -0.39 is 23.5 Å². The van der Waals surface area contributed by atoms with Gasteiger partial charge >= 0.3 is 6.09 Å². The Morgan fingerprint density at radius 1 is 1.31 bits per heavy atom. The Bertz CT molecular complexity index is 963. The molecule has 1 aliphatic rings. The predicted molar refractivity (Wildman–Crippen MR) is 112 cm³/mol. The van der Waals surface area contributed by atoms with Gasteiger partial charge in [-0.25, -0.2) is 4.79 Å². The summed E-state index contributed by atoms with van der Waals surface area (Å²) in [6, 6.07) is 5.20. The van der Waals surface area contributed by atoms with E-state index in [9.17, 15) is 14.4 Å². The Morgan fingerprint density at radius 3 is 2.69 bits per heavy atom. The van der Waals surface area contributed by atoms with Gasteiger partial charge < -0.3 is 25.1 Å². The maximum absolute atomic E-state index is 12.9. The number of primary amides is 1. The molecule has 0 radical (unpaired) electrons. The zero-order chi connectivity index (χ0) is 21.3. The van der Waals surface area contributed by atoms with Gasteiger partial charge in [-0.05, 0) is 51.8 Å². The number of carbonyl (C=O) groups is 3. The normalized spacial score (nSPS) is 17.2. The Labute approximate surface area is 176 Å². The minimum absolute atomic E-state index is 0.105. The first-order valence-electron chi connectivity index (χ1n) is 9.36. The van der Waals surface area contributed by atoms with Crippen LogP contribution in [0.25, 0.3) is 11.0 Å². The molecule has 29 heavy (non-hydrogen) atoms. The van der Waals surface area contributed by atoms with E-state index in [1.165, 1.54) is 4.90 Å². The molecule has 156 valence electrons. The van der Waals surface area contributed by atoms with Gasteiger partial charge in [-0.2, -0.15) is 0 Å². The number of hydrogen-bond donors (Lipinski definition) is 2. The summed E-state index contributed by atoms with van der Waals surface area (Å²) in [6.45, 7) is 6.17. The third-order valence-corrected chi connectivity index (χ3v) is 5.06. The van der Waals surface area contributed by atoms with Crippen molar-refractivity contribution >= 4 is 50.5 Å². The first-order chi connectivity index (χ1) is 13.5. The average molecular weight is 466 g/mol. The van der Waals surface area contributed by atoms with E-state index in [-0.39, 0.29) is 23.9 Å². The van der Waals surface area contributed by atoms with Crippen LogP contribution in [0.3, 0.4) is 0 Å². The molecule has 0 spiro atoms. The zero-order valence-electron chi connectivity index (χ0n) is 16.6. The van der Waals surface area contributed by atoms with Gasteiger partial charge in [-0.15, -0.1) is 0 Å². The van der Waals surface area contributed by atoms with Crippen molar-refractivity contribution in [2.75, 3.05) is 18.4 Å². The van der Waals surface area contributed by atoms with Crippen molar-refractivity contribution in [1.29, 1.82) is 0 Å². The number of furan rings is 1. The maximum atomic E-state index is 12.9. The summed E-state index contributed by atoms with van der Waals surface area (Å²) in [5.41, 5.74) is 5.51. The first-order valence-corrected chi connectivity index (χ1v) is 10.1. The molecule has 1 atom stereocenters. The molecule has 8 nitrogen and oxygen atoms in total. The fourth-order valence-electron chi connectivity index (χ4n) is 3.28. The van der Waals surface area contributed by atoms with Crippen LogP contribution in [0.5, 0.6) is 0 Å². The van der Waals surface area contributed by atoms with Crippen molar-refractivity contribution in [3.05, 3.63) is 28.4 Å². The van der Waals surface area contributed by atoms with E-state index in [1.807, 2.05) is 0 Å². The van der Waals surface area contributed by atoms with Crippen molar-refractivity contribution in [2.45, 2.75) is 39.2 Å². The second-order valence-corrected chi connectivity index (χ2v) is 8.98. The molecule has 9 heteroatoms. The molecular formula is C20H24BrN3O5. The number of anilines is 1. The Hall–Kier alpha value is -2.55. The van der Waals surface area contributed by atoms with Crippen molar-refractivity contribution in [1.82, 2.24) is 4.90 Å². The van der Waals surface area contributed by atoms with Crippen LogP contribution >= 0.6 is 15.9 Å². The molecular weight excluding hydrogens is 442 g/mol. The van der Waals surface area contributed by atoms with Crippen molar-refractivity contribution in [2.24, 2.45) is 11.7 Å². The van der Waals surface area contributed by atoms with Gasteiger partial charge in [0, 0.05) is 22.9 Å². The SMILES string of the molecule is CC(C)(C)OC(=O)N1CCCC(C(=O)Nc2c(C(N)=O)oc3ccc(Br)cc23)C1. The number of benzene rings is 1. The number of carbonyl (C=O) groups excluding carboxylic acids is 3. The minimum Gasteiger partial charge on any atom is -0.449 e. The molecule has 1 aromatic heterocycles. The monoisotopic (exact) mass is 465 g/mol. The number of piperidine rings is 1. The topological polar surface area (TPSA) is 115 Å². The summed E-state index contributed by atoms with van der Waals surface area (Å²) < 4.78 is 11.7. The summed E-state index contributed by atoms with van der Waals surface area (Å²) in [5.74, 6) is -1.62. The van der Waals surface area contributed by atoms with Gasteiger partial charge in [0.2, 0.25) is 11.7 Å². The summed E-state index contributed by atoms with van der Waals surface area (Å²) in [5, 5.41) is 3.36. The highest BCUT2D eigenvalue weighted by Crippen LogP contribution is 2.33. The van der Waals surface area contributed by atoms with E-state index >= 15 is 0 Å². The van der Waals surface area contributed by atoms with Crippen LogP contribution in [0.4, 0.5) is 10.5 Å². The standard InChI is InChI=1S/C20H24BrN3O5/c1-20(2,3)29-19(27)24-8-4-5-11(10-24)18(26)23-15-13-9-12(21)6-7-14(13)28-16(15)17(22)25/h6-7,9,11H,4-5,8,10H2,1-3H3,(H2,22,25)(H,23,26). The number of rotatable bonds is 3. The first kappa shape index (κ1) is 21.2. The number of fused-ring (bicyclic) bond motifs is 1. The highest BCUT2D eigenvalue weighted by Gasteiger charge is 2.32. The number of likely N-dealkylation sites (tertiary alicyclic amines) is 1. The molecule has 1 saturated heterocycles. The fraction of sp³-hybridized carbons (Fsp3) is 0.450. The number of amides is 3. The zero-order valence-corrected chi connectivity index (χ0v) is 18.2. The molecule has 3 N–H and O–H groups in total. The lowest BCUT2D eigenvalue weighted by molar-refractivity contribution is -0.121. The van der Waals surface area contributed by atoms with Crippen LogP contribution < -0.4 is 11.1 Å². The number of ether oxygens (including phenoxy) is 1. The quantitative estimate of drug-likeness (QED) is 0.713.